The first kappa shape index (κ1) is 14.7. The summed E-state index contributed by atoms with van der Waals surface area (Å²) in [7, 11) is 4.70. The van der Waals surface area contributed by atoms with E-state index in [4.69, 9.17) is 4.74 Å². The largest absolute Gasteiger partial charge is 0.467 e. The number of carbonyl (C=O) groups excluding carboxylic acids is 2. The van der Waals surface area contributed by atoms with Gasteiger partial charge in [0.15, 0.2) is 0 Å². The van der Waals surface area contributed by atoms with Crippen LogP contribution in [0.5, 0.6) is 0 Å². The van der Waals surface area contributed by atoms with Crippen molar-refractivity contribution < 1.29 is 14.3 Å². The summed E-state index contributed by atoms with van der Waals surface area (Å²) in [5.74, 6) is 0.516. The van der Waals surface area contributed by atoms with E-state index in [1.807, 2.05) is 13.2 Å². The minimum Gasteiger partial charge on any atom is -0.467 e. The molecule has 0 spiro atoms. The second kappa shape index (κ2) is 7.16. The van der Waals surface area contributed by atoms with Crippen molar-refractivity contribution >= 4 is 33.5 Å². The van der Waals surface area contributed by atoms with Crippen molar-refractivity contribution in [1.82, 2.24) is 4.90 Å². The summed E-state index contributed by atoms with van der Waals surface area (Å²) in [6.07, 6.45) is 3.60. The van der Waals surface area contributed by atoms with Gasteiger partial charge in [-0.05, 0) is 19.1 Å². The van der Waals surface area contributed by atoms with E-state index in [0.717, 1.165) is 18.6 Å². The first-order valence-corrected chi connectivity index (χ1v) is 8.38. The fourth-order valence-corrected chi connectivity index (χ4v) is 3.44. The highest BCUT2D eigenvalue weighted by Crippen LogP contribution is 2.25. The Kier molecular flexibility index (Phi) is 6.19. The van der Waals surface area contributed by atoms with Gasteiger partial charge in [-0.25, -0.2) is 4.79 Å². The highest BCUT2D eigenvalue weighted by molar-refractivity contribution is 8.76. The van der Waals surface area contributed by atoms with Gasteiger partial charge in [0, 0.05) is 18.2 Å². The fourth-order valence-electron chi connectivity index (χ4n) is 1.94. The van der Waals surface area contributed by atoms with Crippen molar-refractivity contribution in [1.29, 1.82) is 0 Å². The maximum atomic E-state index is 12.2. The Morgan fingerprint density at radius 1 is 1.53 bits per heavy atom. The van der Waals surface area contributed by atoms with Crippen molar-refractivity contribution in [3.05, 3.63) is 0 Å². The molecule has 0 N–H and O–H groups in total. The molecule has 98 valence electrons. The molecule has 0 aromatic rings. The fraction of sp³-hybridized carbons (Fsp3) is 0.818. The van der Waals surface area contributed by atoms with Gasteiger partial charge in [-0.3, -0.25) is 4.79 Å². The van der Waals surface area contributed by atoms with Crippen LogP contribution < -0.4 is 0 Å². The van der Waals surface area contributed by atoms with E-state index in [1.165, 1.54) is 7.11 Å². The third-order valence-corrected chi connectivity index (χ3v) is 4.85. The molecule has 0 radical (unpaired) electrons. The molecule has 0 aliphatic carbocycles. The molecule has 1 saturated heterocycles. The maximum Gasteiger partial charge on any atom is 0.328 e. The van der Waals surface area contributed by atoms with Crippen LogP contribution in [0, 0.1) is 5.92 Å². The van der Waals surface area contributed by atoms with Crippen molar-refractivity contribution in [3.8, 4) is 0 Å². The molecule has 1 rings (SSSR count). The van der Waals surface area contributed by atoms with Gasteiger partial charge in [-0.2, -0.15) is 0 Å². The molecule has 4 nitrogen and oxygen atoms in total. The molecule has 1 fully saturated rings. The molecule has 1 heterocycles. The maximum absolute atomic E-state index is 12.2. The van der Waals surface area contributed by atoms with Gasteiger partial charge >= 0.3 is 5.97 Å². The van der Waals surface area contributed by atoms with Crippen LogP contribution >= 0.6 is 21.6 Å². The van der Waals surface area contributed by atoms with Crippen LogP contribution in [0.15, 0.2) is 0 Å². The van der Waals surface area contributed by atoms with Crippen LogP contribution in [0.4, 0.5) is 0 Å². The van der Waals surface area contributed by atoms with E-state index >= 15 is 0 Å². The number of carbonyl (C=O) groups is 2. The minimum absolute atomic E-state index is 0.0438. The number of nitrogens with zero attached hydrogens (tertiary/aromatic N) is 1. The van der Waals surface area contributed by atoms with Crippen LogP contribution in [0.2, 0.25) is 0 Å². The number of likely N-dealkylation sites (tertiary alicyclic amines) is 1. The SMILES string of the molecule is COC(=O)C1CCCN1C(=O)C(C)CSSC. The summed E-state index contributed by atoms with van der Waals surface area (Å²) in [5.41, 5.74) is 0. The quantitative estimate of drug-likeness (QED) is 0.566. The molecule has 0 bridgehead atoms. The van der Waals surface area contributed by atoms with Gasteiger partial charge in [0.1, 0.15) is 6.04 Å². The number of rotatable bonds is 5. The Morgan fingerprint density at radius 2 is 2.24 bits per heavy atom. The summed E-state index contributed by atoms with van der Waals surface area (Å²) in [4.78, 5) is 25.4. The average Bonchev–Trinajstić information content (AvgIpc) is 2.82. The van der Waals surface area contributed by atoms with Gasteiger partial charge in [-0.15, -0.1) is 0 Å². The highest BCUT2D eigenvalue weighted by atomic mass is 33.1. The van der Waals surface area contributed by atoms with Gasteiger partial charge in [-0.1, -0.05) is 28.5 Å². The lowest BCUT2D eigenvalue weighted by Crippen LogP contribution is -2.43. The Bertz CT molecular complexity index is 286. The number of ether oxygens (including phenoxy) is 1. The van der Waals surface area contributed by atoms with Crippen molar-refractivity contribution in [2.75, 3.05) is 25.7 Å². The molecular formula is C11H19NO3S2. The number of methoxy groups -OCH3 is 1. The highest BCUT2D eigenvalue weighted by Gasteiger charge is 2.36. The van der Waals surface area contributed by atoms with Crippen molar-refractivity contribution in [3.63, 3.8) is 0 Å². The van der Waals surface area contributed by atoms with Crippen molar-refractivity contribution in [2.45, 2.75) is 25.8 Å². The van der Waals surface area contributed by atoms with Crippen LogP contribution in [-0.4, -0.2) is 48.5 Å². The summed E-state index contributed by atoms with van der Waals surface area (Å²) < 4.78 is 4.73. The molecule has 1 aliphatic rings. The zero-order chi connectivity index (χ0) is 12.8. The Labute approximate surface area is 110 Å². The van der Waals surface area contributed by atoms with E-state index in [2.05, 4.69) is 0 Å². The van der Waals surface area contributed by atoms with E-state index in [0.29, 0.717) is 6.54 Å². The summed E-state index contributed by atoms with van der Waals surface area (Å²) in [6, 6.07) is -0.366. The minimum atomic E-state index is -0.366. The van der Waals surface area contributed by atoms with Crippen LogP contribution in [-0.2, 0) is 14.3 Å². The molecule has 0 aromatic heterocycles. The molecule has 2 unspecified atom stereocenters. The summed E-state index contributed by atoms with van der Waals surface area (Å²) in [6.45, 7) is 2.59. The Balaban J connectivity index is 2.58. The molecule has 2 atom stereocenters. The van der Waals surface area contributed by atoms with Crippen LogP contribution in [0.25, 0.3) is 0 Å². The standard InChI is InChI=1S/C11H19NO3S2/c1-8(7-17-16-3)10(13)12-6-4-5-9(12)11(14)15-2/h8-9H,4-7H2,1-3H3. The predicted octanol–water partition coefficient (Wildman–Crippen LogP) is 1.80. The molecule has 17 heavy (non-hydrogen) atoms. The molecule has 0 saturated carbocycles. The molecule has 0 aromatic carbocycles. The zero-order valence-electron chi connectivity index (χ0n) is 10.5. The smallest absolute Gasteiger partial charge is 0.328 e. The van der Waals surface area contributed by atoms with E-state index in [-0.39, 0.29) is 23.8 Å². The van der Waals surface area contributed by atoms with Gasteiger partial charge < -0.3 is 9.64 Å². The molecule has 1 amide bonds. The molecule has 1 aliphatic heterocycles. The lowest BCUT2D eigenvalue weighted by Gasteiger charge is -2.25. The van der Waals surface area contributed by atoms with E-state index in [1.54, 1.807) is 26.5 Å². The van der Waals surface area contributed by atoms with Gasteiger partial charge in [0.25, 0.3) is 0 Å². The van der Waals surface area contributed by atoms with Crippen LogP contribution in [0.1, 0.15) is 19.8 Å². The zero-order valence-corrected chi connectivity index (χ0v) is 12.1. The third-order valence-electron chi connectivity index (χ3n) is 2.87. The van der Waals surface area contributed by atoms with Crippen molar-refractivity contribution in [2.24, 2.45) is 5.92 Å². The average molecular weight is 277 g/mol. The van der Waals surface area contributed by atoms with Crippen LogP contribution in [0.3, 0.4) is 0 Å². The Hall–Kier alpha value is -0.360. The lowest BCUT2D eigenvalue weighted by atomic mass is 10.1. The number of hydrogen-bond acceptors (Lipinski definition) is 5. The van der Waals surface area contributed by atoms with E-state index in [9.17, 15) is 9.59 Å². The first-order chi connectivity index (χ1) is 8.11. The Morgan fingerprint density at radius 3 is 2.82 bits per heavy atom. The third kappa shape index (κ3) is 3.81. The summed E-state index contributed by atoms with van der Waals surface area (Å²) in [5, 5.41) is 0. The normalized spacial score (nSPS) is 21.4. The summed E-state index contributed by atoms with van der Waals surface area (Å²) >= 11 is 0. The monoisotopic (exact) mass is 277 g/mol. The number of esters is 1. The molecule has 6 heteroatoms. The number of amides is 1. The van der Waals surface area contributed by atoms with Gasteiger partial charge in [0.05, 0.1) is 7.11 Å². The first-order valence-electron chi connectivity index (χ1n) is 5.65. The van der Waals surface area contributed by atoms with Gasteiger partial charge in [0.2, 0.25) is 5.91 Å². The lowest BCUT2D eigenvalue weighted by molar-refractivity contribution is -0.151. The second-order valence-corrected chi connectivity index (χ2v) is 6.67. The topological polar surface area (TPSA) is 46.6 Å². The molecular weight excluding hydrogens is 258 g/mol. The predicted molar refractivity (Wildman–Crippen MR) is 71.9 cm³/mol. The van der Waals surface area contributed by atoms with E-state index < -0.39 is 0 Å². The second-order valence-electron chi connectivity index (χ2n) is 4.07. The number of hydrogen-bond donors (Lipinski definition) is 0.